The average Bonchev–Trinajstić information content (AvgIpc) is 2.52. The standard InChI is InChI=1S/C18H20ClNO3S/c1-14(2)13-20(17-4-3-5-18(21)12-17)24(22,23)11-10-15-6-8-16(19)9-7-15/h3-12,14,21H,13H2,1-2H3. The van der Waals surface area contributed by atoms with Crippen LogP contribution in [0.15, 0.2) is 53.9 Å². The van der Waals surface area contributed by atoms with Crippen LogP contribution in [0.25, 0.3) is 6.08 Å². The summed E-state index contributed by atoms with van der Waals surface area (Å²) < 4.78 is 26.8. The van der Waals surface area contributed by atoms with Crippen molar-refractivity contribution in [2.24, 2.45) is 5.92 Å². The van der Waals surface area contributed by atoms with Crippen molar-refractivity contribution in [3.63, 3.8) is 0 Å². The monoisotopic (exact) mass is 365 g/mol. The number of phenolic OH excluding ortho intramolecular Hbond substituents is 1. The Morgan fingerprint density at radius 2 is 1.83 bits per heavy atom. The second-order valence-corrected chi connectivity index (χ2v) is 8.02. The van der Waals surface area contributed by atoms with Gasteiger partial charge in [0.1, 0.15) is 5.75 Å². The van der Waals surface area contributed by atoms with E-state index in [-0.39, 0.29) is 11.7 Å². The van der Waals surface area contributed by atoms with Crippen molar-refractivity contribution >= 4 is 33.4 Å². The maximum atomic E-state index is 12.7. The lowest BCUT2D eigenvalue weighted by molar-refractivity contribution is 0.475. The molecule has 0 amide bonds. The first-order chi connectivity index (χ1) is 11.3. The number of benzene rings is 2. The minimum absolute atomic E-state index is 0.0261. The number of rotatable bonds is 6. The van der Waals surface area contributed by atoms with Gasteiger partial charge in [-0.25, -0.2) is 8.42 Å². The van der Waals surface area contributed by atoms with E-state index in [9.17, 15) is 13.5 Å². The molecule has 24 heavy (non-hydrogen) atoms. The normalized spacial score (nSPS) is 12.0. The molecule has 1 N–H and O–H groups in total. The van der Waals surface area contributed by atoms with Gasteiger partial charge in [-0.05, 0) is 41.8 Å². The Morgan fingerprint density at radius 3 is 2.42 bits per heavy atom. The van der Waals surface area contributed by atoms with Gasteiger partial charge in [0.15, 0.2) is 0 Å². The lowest BCUT2D eigenvalue weighted by atomic mass is 10.2. The van der Waals surface area contributed by atoms with Gasteiger partial charge in [-0.15, -0.1) is 0 Å². The van der Waals surface area contributed by atoms with Crippen molar-refractivity contribution < 1.29 is 13.5 Å². The largest absolute Gasteiger partial charge is 0.508 e. The van der Waals surface area contributed by atoms with E-state index >= 15 is 0 Å². The van der Waals surface area contributed by atoms with E-state index in [0.29, 0.717) is 17.3 Å². The van der Waals surface area contributed by atoms with Gasteiger partial charge >= 0.3 is 0 Å². The van der Waals surface area contributed by atoms with E-state index in [4.69, 9.17) is 11.6 Å². The number of hydrogen-bond donors (Lipinski definition) is 1. The molecule has 128 valence electrons. The van der Waals surface area contributed by atoms with Gasteiger partial charge in [-0.1, -0.05) is 43.6 Å². The van der Waals surface area contributed by atoms with Gasteiger partial charge in [0.2, 0.25) is 0 Å². The SMILES string of the molecule is CC(C)CN(c1cccc(O)c1)S(=O)(=O)C=Cc1ccc(Cl)cc1. The highest BCUT2D eigenvalue weighted by Crippen LogP contribution is 2.25. The third-order valence-corrected chi connectivity index (χ3v) is 4.96. The van der Waals surface area contributed by atoms with Crippen LogP contribution in [0.3, 0.4) is 0 Å². The molecule has 0 aliphatic rings. The summed E-state index contributed by atoms with van der Waals surface area (Å²) in [6.07, 6.45) is 1.53. The lowest BCUT2D eigenvalue weighted by Gasteiger charge is -2.24. The fourth-order valence-electron chi connectivity index (χ4n) is 2.15. The summed E-state index contributed by atoms with van der Waals surface area (Å²) in [5.74, 6) is 0.157. The molecular formula is C18H20ClNO3S. The fraction of sp³-hybridized carbons (Fsp3) is 0.222. The highest BCUT2D eigenvalue weighted by atomic mass is 35.5. The molecule has 0 aromatic heterocycles. The molecule has 0 saturated heterocycles. The molecule has 0 heterocycles. The molecule has 2 aromatic carbocycles. The molecule has 0 radical (unpaired) electrons. The van der Waals surface area contributed by atoms with Gasteiger partial charge < -0.3 is 5.11 Å². The molecule has 6 heteroatoms. The van der Waals surface area contributed by atoms with Crippen LogP contribution in [-0.2, 0) is 10.0 Å². The number of hydrogen-bond acceptors (Lipinski definition) is 3. The quantitative estimate of drug-likeness (QED) is 0.819. The van der Waals surface area contributed by atoms with Crippen LogP contribution in [0.1, 0.15) is 19.4 Å². The molecule has 2 aromatic rings. The summed E-state index contributed by atoms with van der Waals surface area (Å²) >= 11 is 5.83. The molecule has 0 spiro atoms. The zero-order valence-electron chi connectivity index (χ0n) is 13.6. The van der Waals surface area contributed by atoms with E-state index in [2.05, 4.69) is 0 Å². The third kappa shape index (κ3) is 5.01. The molecule has 0 atom stereocenters. The smallest absolute Gasteiger partial charge is 0.257 e. The van der Waals surface area contributed by atoms with E-state index in [1.807, 2.05) is 13.8 Å². The summed E-state index contributed by atoms with van der Waals surface area (Å²) in [7, 11) is -3.69. The van der Waals surface area contributed by atoms with Crippen molar-refractivity contribution in [2.45, 2.75) is 13.8 Å². The molecule has 0 unspecified atom stereocenters. The summed E-state index contributed by atoms with van der Waals surface area (Å²) in [4.78, 5) is 0. The lowest BCUT2D eigenvalue weighted by Crippen LogP contribution is -2.32. The van der Waals surface area contributed by atoms with Crippen LogP contribution in [0.4, 0.5) is 5.69 Å². The van der Waals surface area contributed by atoms with Crippen LogP contribution in [0.2, 0.25) is 5.02 Å². The van der Waals surface area contributed by atoms with Gasteiger partial charge in [-0.3, -0.25) is 4.31 Å². The minimum Gasteiger partial charge on any atom is -0.508 e. The summed E-state index contributed by atoms with van der Waals surface area (Å²) in [6, 6.07) is 13.1. The van der Waals surface area contributed by atoms with Gasteiger partial charge in [0.25, 0.3) is 10.0 Å². The third-order valence-electron chi connectivity index (χ3n) is 3.26. The Labute approximate surface area is 148 Å². The first kappa shape index (κ1) is 18.4. The predicted octanol–water partition coefficient (Wildman–Crippen LogP) is 4.51. The highest BCUT2D eigenvalue weighted by Gasteiger charge is 2.21. The van der Waals surface area contributed by atoms with Crippen molar-refractivity contribution in [3.8, 4) is 5.75 Å². The van der Waals surface area contributed by atoms with Crippen molar-refractivity contribution in [1.29, 1.82) is 0 Å². The van der Waals surface area contributed by atoms with Crippen molar-refractivity contribution in [1.82, 2.24) is 0 Å². The maximum Gasteiger partial charge on any atom is 0.257 e. The first-order valence-electron chi connectivity index (χ1n) is 7.53. The summed E-state index contributed by atoms with van der Waals surface area (Å²) in [5, 5.41) is 11.4. The summed E-state index contributed by atoms with van der Waals surface area (Å²) in [5.41, 5.74) is 1.17. The van der Waals surface area contributed by atoms with Crippen molar-refractivity contribution in [2.75, 3.05) is 10.8 Å². The Kier molecular flexibility index (Phi) is 5.91. The summed E-state index contributed by atoms with van der Waals surface area (Å²) in [6.45, 7) is 4.19. The number of phenols is 1. The Hall–Kier alpha value is -1.98. The molecule has 0 bridgehead atoms. The Morgan fingerprint density at radius 1 is 1.17 bits per heavy atom. The van der Waals surface area contributed by atoms with Gasteiger partial charge in [0, 0.05) is 17.6 Å². The number of halogens is 1. The van der Waals surface area contributed by atoms with Crippen LogP contribution < -0.4 is 4.31 Å². The molecule has 0 saturated carbocycles. The molecular weight excluding hydrogens is 346 g/mol. The number of nitrogens with zero attached hydrogens (tertiary/aromatic N) is 1. The molecule has 4 nitrogen and oxygen atoms in total. The Balaban J connectivity index is 2.34. The highest BCUT2D eigenvalue weighted by molar-refractivity contribution is 7.95. The Bertz CT molecular complexity index is 814. The average molecular weight is 366 g/mol. The van der Waals surface area contributed by atoms with Gasteiger partial charge in [-0.2, -0.15) is 0 Å². The van der Waals surface area contributed by atoms with E-state index in [0.717, 1.165) is 5.56 Å². The zero-order valence-corrected chi connectivity index (χ0v) is 15.1. The molecule has 0 aliphatic heterocycles. The topological polar surface area (TPSA) is 57.6 Å². The first-order valence-corrected chi connectivity index (χ1v) is 9.41. The fourth-order valence-corrected chi connectivity index (χ4v) is 3.66. The van der Waals surface area contributed by atoms with E-state index < -0.39 is 10.0 Å². The molecule has 0 fully saturated rings. The second-order valence-electron chi connectivity index (χ2n) is 5.84. The molecule has 0 aliphatic carbocycles. The maximum absolute atomic E-state index is 12.7. The van der Waals surface area contributed by atoms with Crippen LogP contribution in [0, 0.1) is 5.92 Å². The van der Waals surface area contributed by atoms with Crippen molar-refractivity contribution in [3.05, 3.63) is 64.5 Å². The van der Waals surface area contributed by atoms with E-state index in [1.165, 1.54) is 27.9 Å². The second kappa shape index (κ2) is 7.73. The van der Waals surface area contributed by atoms with Gasteiger partial charge in [0.05, 0.1) is 11.1 Å². The van der Waals surface area contributed by atoms with Crippen LogP contribution >= 0.6 is 11.6 Å². The number of anilines is 1. The van der Waals surface area contributed by atoms with Crippen LogP contribution in [0.5, 0.6) is 5.75 Å². The zero-order chi connectivity index (χ0) is 17.7. The number of aromatic hydroxyl groups is 1. The predicted molar refractivity (Wildman–Crippen MR) is 99.7 cm³/mol. The van der Waals surface area contributed by atoms with E-state index in [1.54, 1.807) is 36.4 Å². The molecule has 2 rings (SSSR count). The number of sulfonamides is 1. The van der Waals surface area contributed by atoms with Crippen LogP contribution in [-0.4, -0.2) is 20.1 Å². The minimum atomic E-state index is -3.69.